The summed E-state index contributed by atoms with van der Waals surface area (Å²) < 4.78 is 10.5. The molecule has 0 radical (unpaired) electrons. The first-order valence-electron chi connectivity index (χ1n) is 10.5. The summed E-state index contributed by atoms with van der Waals surface area (Å²) in [5, 5.41) is 0. The molecule has 1 atom stereocenters. The van der Waals surface area contributed by atoms with E-state index in [9.17, 15) is 14.4 Å². The third-order valence-corrected chi connectivity index (χ3v) is 5.20. The molecule has 1 fully saturated rings. The number of carbonyl (C=O) groups excluding carboxylic acids is 3. The lowest BCUT2D eigenvalue weighted by Gasteiger charge is -2.32. The number of rotatable bonds is 8. The van der Waals surface area contributed by atoms with Crippen molar-refractivity contribution < 1.29 is 23.5 Å². The zero-order valence-electron chi connectivity index (χ0n) is 18.0. The van der Waals surface area contributed by atoms with Crippen molar-refractivity contribution in [3.8, 4) is 0 Å². The van der Waals surface area contributed by atoms with E-state index in [1.807, 2.05) is 0 Å². The van der Waals surface area contributed by atoms with Gasteiger partial charge >= 0.3 is 5.97 Å². The fourth-order valence-electron chi connectivity index (χ4n) is 3.55. The van der Waals surface area contributed by atoms with Gasteiger partial charge in [-0.15, -0.1) is 0 Å². The summed E-state index contributed by atoms with van der Waals surface area (Å²) in [5.74, 6) is -0.351. The van der Waals surface area contributed by atoms with E-state index in [-0.39, 0.29) is 48.9 Å². The van der Waals surface area contributed by atoms with Crippen LogP contribution in [-0.4, -0.2) is 63.8 Å². The van der Waals surface area contributed by atoms with Crippen molar-refractivity contribution in [2.75, 3.05) is 26.2 Å². The third kappa shape index (κ3) is 6.13. The Labute approximate surface area is 181 Å². The molecule has 9 nitrogen and oxygen atoms in total. The van der Waals surface area contributed by atoms with Crippen LogP contribution in [0.3, 0.4) is 0 Å². The minimum absolute atomic E-state index is 0.0961. The highest BCUT2D eigenvalue weighted by molar-refractivity contribution is 5.92. The van der Waals surface area contributed by atoms with Crippen molar-refractivity contribution in [1.29, 1.82) is 0 Å². The Hall–Kier alpha value is -3.23. The monoisotopic (exact) mass is 428 g/mol. The summed E-state index contributed by atoms with van der Waals surface area (Å²) in [6, 6.07) is 3.52. The van der Waals surface area contributed by atoms with Crippen LogP contribution in [0.1, 0.15) is 48.1 Å². The fourth-order valence-corrected chi connectivity index (χ4v) is 3.55. The molecule has 31 heavy (non-hydrogen) atoms. The normalized spacial score (nSPS) is 16.1. The minimum Gasteiger partial charge on any atom is -0.467 e. The molecule has 3 heterocycles. The predicted octanol–water partition coefficient (Wildman–Crippen LogP) is 2.21. The van der Waals surface area contributed by atoms with E-state index in [1.54, 1.807) is 30.9 Å². The van der Waals surface area contributed by atoms with Gasteiger partial charge in [-0.1, -0.05) is 0 Å². The number of aryl methyl sites for hydroxylation is 1. The molecule has 0 aliphatic carbocycles. The molecule has 1 saturated heterocycles. The molecule has 0 bridgehead atoms. The number of furan rings is 1. The molecule has 0 aromatic carbocycles. The second-order valence-corrected chi connectivity index (χ2v) is 7.53. The van der Waals surface area contributed by atoms with Crippen LogP contribution >= 0.6 is 0 Å². The van der Waals surface area contributed by atoms with E-state index in [0.29, 0.717) is 31.2 Å². The molecule has 3 rings (SSSR count). The second kappa shape index (κ2) is 10.7. The van der Waals surface area contributed by atoms with Crippen molar-refractivity contribution in [1.82, 2.24) is 19.8 Å². The number of hydrogen-bond acceptors (Lipinski definition) is 7. The topological polar surface area (TPSA) is 106 Å². The maximum absolute atomic E-state index is 13.0. The molecule has 1 aliphatic heterocycles. The van der Waals surface area contributed by atoms with Crippen molar-refractivity contribution >= 4 is 17.8 Å². The molecule has 0 spiro atoms. The zero-order chi connectivity index (χ0) is 22.2. The van der Waals surface area contributed by atoms with Crippen LogP contribution in [0.2, 0.25) is 0 Å². The van der Waals surface area contributed by atoms with Gasteiger partial charge in [0, 0.05) is 32.3 Å². The number of piperidine rings is 1. The average molecular weight is 428 g/mol. The van der Waals surface area contributed by atoms with E-state index in [0.717, 1.165) is 12.8 Å². The molecule has 0 N–H and O–H groups in total. The maximum Gasteiger partial charge on any atom is 0.310 e. The van der Waals surface area contributed by atoms with E-state index in [4.69, 9.17) is 9.15 Å². The van der Waals surface area contributed by atoms with Gasteiger partial charge in [0.15, 0.2) is 0 Å². The van der Waals surface area contributed by atoms with E-state index >= 15 is 0 Å². The van der Waals surface area contributed by atoms with Crippen LogP contribution in [0, 0.1) is 12.8 Å². The predicted molar refractivity (Wildman–Crippen MR) is 111 cm³/mol. The number of nitrogens with zero attached hydrogens (tertiary/aromatic N) is 4. The van der Waals surface area contributed by atoms with Gasteiger partial charge in [0.2, 0.25) is 5.91 Å². The Kier molecular flexibility index (Phi) is 7.75. The third-order valence-electron chi connectivity index (χ3n) is 5.20. The molecule has 1 aliphatic rings. The smallest absolute Gasteiger partial charge is 0.310 e. The van der Waals surface area contributed by atoms with E-state index < -0.39 is 0 Å². The summed E-state index contributed by atoms with van der Waals surface area (Å²) in [5.41, 5.74) is 0.926. The van der Waals surface area contributed by atoms with Gasteiger partial charge in [0.05, 0.1) is 37.2 Å². The van der Waals surface area contributed by atoms with Gasteiger partial charge < -0.3 is 19.0 Å². The first kappa shape index (κ1) is 22.5. The number of aromatic nitrogens is 2. The Balaban J connectivity index is 1.63. The van der Waals surface area contributed by atoms with Gasteiger partial charge in [0.1, 0.15) is 11.5 Å². The zero-order valence-corrected chi connectivity index (χ0v) is 18.0. The van der Waals surface area contributed by atoms with Crippen LogP contribution in [0.15, 0.2) is 35.2 Å². The van der Waals surface area contributed by atoms with Crippen molar-refractivity contribution in [3.05, 3.63) is 47.9 Å². The molecule has 1 unspecified atom stereocenters. The molecule has 166 valence electrons. The maximum atomic E-state index is 13.0. The van der Waals surface area contributed by atoms with Crippen LogP contribution in [0.4, 0.5) is 0 Å². The standard InChI is InChI=1S/C22H28N4O5/c1-3-30-22(29)17-6-4-9-25(14-17)20(27)8-10-26(15-18-7-5-11-31-18)21(28)19-13-23-16(2)12-24-19/h5,7,11-13,17H,3-4,6,8-10,14-15H2,1-2H3. The molecular weight excluding hydrogens is 400 g/mol. The number of ether oxygens (including phenoxy) is 1. The van der Waals surface area contributed by atoms with Crippen molar-refractivity contribution in [2.45, 2.75) is 39.7 Å². The lowest BCUT2D eigenvalue weighted by atomic mass is 9.98. The Morgan fingerprint density at radius 3 is 2.81 bits per heavy atom. The van der Waals surface area contributed by atoms with Crippen LogP contribution in [0.5, 0.6) is 0 Å². The summed E-state index contributed by atoms with van der Waals surface area (Å²) in [4.78, 5) is 49.4. The van der Waals surface area contributed by atoms with Crippen molar-refractivity contribution in [3.63, 3.8) is 0 Å². The van der Waals surface area contributed by atoms with Crippen LogP contribution in [-0.2, 0) is 20.9 Å². The van der Waals surface area contributed by atoms with Crippen molar-refractivity contribution in [2.24, 2.45) is 5.92 Å². The number of hydrogen-bond donors (Lipinski definition) is 0. The molecule has 9 heteroatoms. The summed E-state index contributed by atoms with van der Waals surface area (Å²) in [7, 11) is 0. The van der Waals surface area contributed by atoms with Gasteiger partial charge in [0.25, 0.3) is 5.91 Å². The minimum atomic E-state index is -0.320. The van der Waals surface area contributed by atoms with Crippen LogP contribution in [0.25, 0.3) is 0 Å². The second-order valence-electron chi connectivity index (χ2n) is 7.53. The Morgan fingerprint density at radius 1 is 1.29 bits per heavy atom. The Bertz CT molecular complexity index is 882. The highest BCUT2D eigenvalue weighted by atomic mass is 16.5. The van der Waals surface area contributed by atoms with Crippen LogP contribution < -0.4 is 0 Å². The number of likely N-dealkylation sites (tertiary alicyclic amines) is 1. The van der Waals surface area contributed by atoms with Gasteiger partial charge in [-0.3, -0.25) is 19.4 Å². The lowest BCUT2D eigenvalue weighted by molar-refractivity contribution is -0.151. The number of carbonyl (C=O) groups is 3. The lowest BCUT2D eigenvalue weighted by Crippen LogP contribution is -2.44. The molecule has 2 aromatic heterocycles. The number of amides is 2. The van der Waals surface area contributed by atoms with E-state index in [2.05, 4.69) is 9.97 Å². The average Bonchev–Trinajstić information content (AvgIpc) is 3.30. The van der Waals surface area contributed by atoms with Gasteiger partial charge in [-0.05, 0) is 38.8 Å². The molecular formula is C22H28N4O5. The molecule has 2 amide bonds. The quantitative estimate of drug-likeness (QED) is 0.594. The molecule has 0 saturated carbocycles. The highest BCUT2D eigenvalue weighted by Gasteiger charge is 2.30. The first-order chi connectivity index (χ1) is 15.0. The summed E-state index contributed by atoms with van der Waals surface area (Å²) in [6.45, 7) is 5.27. The van der Waals surface area contributed by atoms with Gasteiger partial charge in [-0.2, -0.15) is 0 Å². The van der Waals surface area contributed by atoms with Gasteiger partial charge in [-0.25, -0.2) is 4.98 Å². The largest absolute Gasteiger partial charge is 0.467 e. The fraction of sp³-hybridized carbons (Fsp3) is 0.500. The first-order valence-corrected chi connectivity index (χ1v) is 10.5. The SMILES string of the molecule is CCOC(=O)C1CCCN(C(=O)CCN(Cc2ccco2)C(=O)c2cnc(C)cn2)C1. The molecule has 2 aromatic rings. The summed E-state index contributed by atoms with van der Waals surface area (Å²) >= 11 is 0. The van der Waals surface area contributed by atoms with E-state index in [1.165, 1.54) is 23.6 Å². The Morgan fingerprint density at radius 2 is 2.13 bits per heavy atom. The summed E-state index contributed by atoms with van der Waals surface area (Å²) in [6.07, 6.45) is 6.12. The number of esters is 1. The highest BCUT2D eigenvalue weighted by Crippen LogP contribution is 2.19.